The van der Waals surface area contributed by atoms with Crippen LogP contribution in [0.4, 0.5) is 17.3 Å². The molecule has 7 nitrogen and oxygen atoms in total. The van der Waals surface area contributed by atoms with E-state index in [9.17, 15) is 4.79 Å². The molecule has 2 aromatic carbocycles. The number of anilines is 3. The summed E-state index contributed by atoms with van der Waals surface area (Å²) < 4.78 is 0. The van der Waals surface area contributed by atoms with Crippen molar-refractivity contribution in [3.8, 4) is 0 Å². The Morgan fingerprint density at radius 3 is 2.79 bits per heavy atom. The first-order valence-electron chi connectivity index (χ1n) is 11.1. The lowest BCUT2D eigenvalue weighted by Crippen LogP contribution is -2.23. The second kappa shape index (κ2) is 9.11. The number of fused-ring (bicyclic) bond motifs is 1. The first kappa shape index (κ1) is 21.3. The summed E-state index contributed by atoms with van der Waals surface area (Å²) in [6.45, 7) is 4.44. The minimum Gasteiger partial charge on any atom is -0.371 e. The number of pyridine rings is 1. The van der Waals surface area contributed by atoms with Crippen LogP contribution in [-0.2, 0) is 6.54 Å². The second-order valence-corrected chi connectivity index (χ2v) is 8.70. The Labute approximate surface area is 197 Å². The highest BCUT2D eigenvalue weighted by atomic mass is 35.5. The van der Waals surface area contributed by atoms with Crippen molar-refractivity contribution in [2.45, 2.75) is 26.3 Å². The summed E-state index contributed by atoms with van der Waals surface area (Å²) in [5, 5.41) is 6.80. The van der Waals surface area contributed by atoms with Gasteiger partial charge in [0.2, 0.25) is 5.95 Å². The van der Waals surface area contributed by atoms with E-state index in [4.69, 9.17) is 11.6 Å². The van der Waals surface area contributed by atoms with Crippen molar-refractivity contribution < 1.29 is 4.79 Å². The molecule has 5 rings (SSSR count). The minimum atomic E-state index is -0.143. The fourth-order valence-electron chi connectivity index (χ4n) is 4.11. The third-order valence-electron chi connectivity index (χ3n) is 5.83. The Bertz CT molecular complexity index is 1310. The number of nitrogens with zero attached hydrogens (tertiary/aromatic N) is 3. The molecule has 2 aromatic heterocycles. The summed E-state index contributed by atoms with van der Waals surface area (Å²) in [5.74, 6) is 0.481. The monoisotopic (exact) mass is 460 g/mol. The number of hydrogen-bond donors (Lipinski definition) is 3. The Morgan fingerprint density at radius 1 is 1.12 bits per heavy atom. The van der Waals surface area contributed by atoms with Crippen LogP contribution < -0.4 is 15.5 Å². The van der Waals surface area contributed by atoms with Crippen LogP contribution in [0.15, 0.2) is 54.7 Å². The molecule has 1 aliphatic rings. The van der Waals surface area contributed by atoms with Gasteiger partial charge in [0.25, 0.3) is 5.91 Å². The van der Waals surface area contributed by atoms with Crippen LogP contribution in [-0.4, -0.2) is 33.9 Å². The number of H-pyrrole nitrogens is 1. The number of halogens is 1. The minimum absolute atomic E-state index is 0.143. The zero-order chi connectivity index (χ0) is 22.8. The Kier molecular flexibility index (Phi) is 5.88. The smallest absolute Gasteiger partial charge is 0.251 e. The highest BCUT2D eigenvalue weighted by Gasteiger charge is 2.14. The van der Waals surface area contributed by atoms with Crippen LogP contribution in [0.5, 0.6) is 0 Å². The van der Waals surface area contributed by atoms with Crippen LogP contribution in [0.1, 0.15) is 34.5 Å². The van der Waals surface area contributed by atoms with E-state index >= 15 is 0 Å². The molecule has 1 aliphatic heterocycles. The number of amides is 1. The lowest BCUT2D eigenvalue weighted by Gasteiger charge is -2.17. The van der Waals surface area contributed by atoms with Crippen molar-refractivity contribution in [1.82, 2.24) is 20.3 Å². The van der Waals surface area contributed by atoms with Crippen molar-refractivity contribution in [1.29, 1.82) is 0 Å². The third-order valence-corrected chi connectivity index (χ3v) is 6.16. The summed E-state index contributed by atoms with van der Waals surface area (Å²) in [7, 11) is 0. The molecule has 0 unspecified atom stereocenters. The number of carbonyl (C=O) groups is 1. The quantitative estimate of drug-likeness (QED) is 0.368. The van der Waals surface area contributed by atoms with Gasteiger partial charge in [0.1, 0.15) is 0 Å². The molecular formula is C25H25ClN6O. The predicted octanol–water partition coefficient (Wildman–Crippen LogP) is 5.19. The van der Waals surface area contributed by atoms with Crippen molar-refractivity contribution >= 4 is 45.9 Å². The SMILES string of the molecule is Cc1cc(C(=O)NCc2ccc(Cl)c(Nc3nc4ccc(N5CCCC5)cc4[nH]3)c2)ccn1. The average molecular weight is 461 g/mol. The van der Waals surface area contributed by atoms with Gasteiger partial charge in [0.05, 0.1) is 21.7 Å². The van der Waals surface area contributed by atoms with Crippen LogP contribution in [0.25, 0.3) is 11.0 Å². The summed E-state index contributed by atoms with van der Waals surface area (Å²) in [5.41, 5.74) is 6.14. The first-order valence-corrected chi connectivity index (χ1v) is 11.4. The number of benzene rings is 2. The van der Waals surface area contributed by atoms with E-state index in [0.29, 0.717) is 23.1 Å². The summed E-state index contributed by atoms with van der Waals surface area (Å²) in [6.07, 6.45) is 4.12. The number of aromatic amines is 1. The van der Waals surface area contributed by atoms with Gasteiger partial charge < -0.3 is 20.5 Å². The molecule has 0 spiro atoms. The van der Waals surface area contributed by atoms with E-state index in [1.54, 1.807) is 18.3 Å². The maximum absolute atomic E-state index is 12.4. The van der Waals surface area contributed by atoms with Crippen molar-refractivity contribution in [2.24, 2.45) is 0 Å². The summed E-state index contributed by atoms with van der Waals surface area (Å²) in [4.78, 5) is 27.0. The molecule has 0 radical (unpaired) electrons. The number of imidazole rings is 1. The van der Waals surface area contributed by atoms with E-state index in [1.165, 1.54) is 18.5 Å². The van der Waals surface area contributed by atoms with E-state index in [0.717, 1.165) is 41.1 Å². The van der Waals surface area contributed by atoms with E-state index < -0.39 is 0 Å². The molecule has 0 atom stereocenters. The molecule has 0 saturated carbocycles. The van der Waals surface area contributed by atoms with E-state index in [1.807, 2.05) is 31.2 Å². The first-order chi connectivity index (χ1) is 16.0. The molecule has 168 valence electrons. The average Bonchev–Trinajstić information content (AvgIpc) is 3.48. The molecule has 1 fully saturated rings. The van der Waals surface area contributed by atoms with Crippen molar-refractivity contribution in [3.63, 3.8) is 0 Å². The molecule has 8 heteroatoms. The summed E-state index contributed by atoms with van der Waals surface area (Å²) >= 11 is 6.43. The van der Waals surface area contributed by atoms with Crippen LogP contribution in [0.3, 0.4) is 0 Å². The van der Waals surface area contributed by atoms with Gasteiger partial charge in [-0.2, -0.15) is 0 Å². The second-order valence-electron chi connectivity index (χ2n) is 8.29. The van der Waals surface area contributed by atoms with Crippen LogP contribution in [0, 0.1) is 6.92 Å². The van der Waals surface area contributed by atoms with Gasteiger partial charge in [-0.25, -0.2) is 4.98 Å². The molecule has 1 amide bonds. The molecule has 1 saturated heterocycles. The van der Waals surface area contributed by atoms with Gasteiger partial charge in [0, 0.05) is 42.8 Å². The van der Waals surface area contributed by atoms with Gasteiger partial charge >= 0.3 is 0 Å². The zero-order valence-electron chi connectivity index (χ0n) is 18.4. The molecule has 3 N–H and O–H groups in total. The number of hydrogen-bond acceptors (Lipinski definition) is 5. The van der Waals surface area contributed by atoms with E-state index in [2.05, 4.69) is 42.6 Å². The van der Waals surface area contributed by atoms with Crippen molar-refractivity contribution in [3.05, 3.63) is 76.6 Å². The maximum Gasteiger partial charge on any atom is 0.251 e. The summed E-state index contributed by atoms with van der Waals surface area (Å²) in [6, 6.07) is 15.4. The van der Waals surface area contributed by atoms with Crippen LogP contribution >= 0.6 is 11.6 Å². The number of aryl methyl sites for hydroxylation is 1. The standard InChI is InChI=1S/C25H25ClN6O/c1-16-12-18(8-9-27-16)24(33)28-15-17-4-6-20(26)22(13-17)30-25-29-21-7-5-19(14-23(21)31-25)32-10-2-3-11-32/h4-9,12-14H,2-3,10-11,15H2,1H3,(H,28,33)(H2,29,30,31). The Balaban J connectivity index is 1.29. The molecule has 33 heavy (non-hydrogen) atoms. The third kappa shape index (κ3) is 4.78. The normalized spacial score (nSPS) is 13.5. The highest BCUT2D eigenvalue weighted by molar-refractivity contribution is 6.33. The molecule has 3 heterocycles. The largest absolute Gasteiger partial charge is 0.371 e. The highest BCUT2D eigenvalue weighted by Crippen LogP contribution is 2.29. The molecular weight excluding hydrogens is 436 g/mol. The number of rotatable bonds is 6. The Hall–Kier alpha value is -3.58. The fourth-order valence-corrected chi connectivity index (χ4v) is 4.27. The van der Waals surface area contributed by atoms with E-state index in [-0.39, 0.29) is 5.91 Å². The predicted molar refractivity (Wildman–Crippen MR) is 132 cm³/mol. The molecule has 4 aromatic rings. The molecule has 0 aliphatic carbocycles. The number of nitrogens with one attached hydrogen (secondary N) is 3. The van der Waals surface area contributed by atoms with Gasteiger partial charge in [-0.15, -0.1) is 0 Å². The number of aromatic nitrogens is 3. The molecule has 0 bridgehead atoms. The lowest BCUT2D eigenvalue weighted by atomic mass is 10.2. The van der Waals surface area contributed by atoms with Crippen molar-refractivity contribution in [2.75, 3.05) is 23.3 Å². The maximum atomic E-state index is 12.4. The van der Waals surface area contributed by atoms with Crippen LogP contribution in [0.2, 0.25) is 5.02 Å². The lowest BCUT2D eigenvalue weighted by molar-refractivity contribution is 0.0950. The zero-order valence-corrected chi connectivity index (χ0v) is 19.1. The Morgan fingerprint density at radius 2 is 1.97 bits per heavy atom. The fraction of sp³-hybridized carbons (Fsp3) is 0.240. The topological polar surface area (TPSA) is 85.9 Å². The van der Waals surface area contributed by atoms with Gasteiger partial charge in [-0.1, -0.05) is 17.7 Å². The van der Waals surface area contributed by atoms with Gasteiger partial charge in [-0.05, 0) is 67.8 Å². The van der Waals surface area contributed by atoms with Gasteiger partial charge in [-0.3, -0.25) is 9.78 Å². The van der Waals surface area contributed by atoms with Gasteiger partial charge in [0.15, 0.2) is 0 Å². The number of carbonyl (C=O) groups excluding carboxylic acids is 1.